The third-order valence-corrected chi connectivity index (χ3v) is 5.83. The summed E-state index contributed by atoms with van der Waals surface area (Å²) in [4.78, 5) is 26.3. The average molecular weight is 378 g/mol. The van der Waals surface area contributed by atoms with Crippen molar-refractivity contribution in [2.75, 3.05) is 6.54 Å². The van der Waals surface area contributed by atoms with E-state index >= 15 is 0 Å². The second-order valence-electron chi connectivity index (χ2n) is 7.61. The molecule has 1 heterocycles. The van der Waals surface area contributed by atoms with Crippen LogP contribution in [0, 0.1) is 5.82 Å². The first-order chi connectivity index (χ1) is 13.3. The van der Waals surface area contributed by atoms with Gasteiger partial charge in [-0.1, -0.05) is 41.9 Å². The molecule has 2 aromatic rings. The van der Waals surface area contributed by atoms with Crippen molar-refractivity contribution in [3.63, 3.8) is 0 Å². The molecule has 0 unspecified atom stereocenters. The Balaban J connectivity index is 1.83. The first kappa shape index (κ1) is 20.1. The molecule has 0 bridgehead atoms. The van der Waals surface area contributed by atoms with Gasteiger partial charge in [0, 0.05) is 24.8 Å². The number of carbonyl (C=O) groups excluding carboxylic acids is 2. The van der Waals surface area contributed by atoms with Gasteiger partial charge < -0.3 is 10.6 Å². The Morgan fingerprint density at radius 3 is 2.43 bits per heavy atom. The molecule has 1 aliphatic rings. The minimum absolute atomic E-state index is 0.0179. The first-order valence-corrected chi connectivity index (χ1v) is 9.50. The minimum Gasteiger partial charge on any atom is -0.370 e. The van der Waals surface area contributed by atoms with E-state index in [9.17, 15) is 14.0 Å². The Hall–Kier alpha value is -2.63. The van der Waals surface area contributed by atoms with Crippen LogP contribution in [0.15, 0.2) is 48.5 Å². The van der Waals surface area contributed by atoms with Gasteiger partial charge >= 0.3 is 0 Å². The number of halogens is 1. The topological polar surface area (TPSA) is 63.4 Å². The third kappa shape index (κ3) is 4.27. The number of likely N-dealkylation sites (tertiary alicyclic amines) is 1. The van der Waals surface area contributed by atoms with Crippen LogP contribution in [0.5, 0.6) is 0 Å². The highest BCUT2D eigenvalue weighted by atomic mass is 19.1. The van der Waals surface area contributed by atoms with Gasteiger partial charge in [-0.2, -0.15) is 0 Å². The predicted octanol–water partition coefficient (Wildman–Crippen LogP) is 2.51. The summed E-state index contributed by atoms with van der Waals surface area (Å²) in [6.07, 6.45) is 1.63. The fourth-order valence-corrected chi connectivity index (χ4v) is 4.07. The lowest BCUT2D eigenvalue weighted by Gasteiger charge is -2.44. The number of carbonyl (C=O) groups is 2. The lowest BCUT2D eigenvalue weighted by Crippen LogP contribution is -2.47. The van der Waals surface area contributed by atoms with Crippen LogP contribution in [0.25, 0.3) is 0 Å². The smallest absolute Gasteiger partial charge is 0.223 e. The van der Waals surface area contributed by atoms with Gasteiger partial charge in [0.05, 0.1) is 6.04 Å². The second kappa shape index (κ2) is 8.17. The van der Waals surface area contributed by atoms with Crippen LogP contribution >= 0.6 is 0 Å². The number of rotatable bonds is 6. The van der Waals surface area contributed by atoms with E-state index in [-0.39, 0.29) is 30.6 Å². The Labute approximate surface area is 166 Å². The van der Waals surface area contributed by atoms with E-state index in [1.54, 1.807) is 12.1 Å². The monoisotopic (exact) mass is 378 g/mol. The highest BCUT2D eigenvalue weighted by Crippen LogP contribution is 2.42. The fourth-order valence-electron chi connectivity index (χ4n) is 4.07. The second-order valence-corrected chi connectivity index (χ2v) is 7.61. The molecule has 2 amide bonds. The summed E-state index contributed by atoms with van der Waals surface area (Å²) >= 11 is 0. The number of amides is 2. The molecule has 4 nitrogen and oxygen atoms in total. The van der Waals surface area contributed by atoms with Crippen molar-refractivity contribution in [2.45, 2.75) is 44.1 Å². The SMILES string of the molecule is [B]c1ccc([C@H](C)N2CC[C@](CCC(N)=O)(c3ccc(F)cc3)CC2=O)cc1. The highest BCUT2D eigenvalue weighted by molar-refractivity contribution is 6.32. The summed E-state index contributed by atoms with van der Waals surface area (Å²) in [6, 6.07) is 13.7. The number of nitrogens with two attached hydrogens (primary N) is 1. The maximum Gasteiger partial charge on any atom is 0.223 e. The summed E-state index contributed by atoms with van der Waals surface area (Å²) in [5, 5.41) is 0. The molecule has 1 saturated heterocycles. The van der Waals surface area contributed by atoms with Crippen molar-refractivity contribution in [1.29, 1.82) is 0 Å². The third-order valence-electron chi connectivity index (χ3n) is 5.83. The molecule has 0 saturated carbocycles. The first-order valence-electron chi connectivity index (χ1n) is 9.50. The maximum absolute atomic E-state index is 13.4. The molecule has 2 N–H and O–H groups in total. The molecule has 2 aromatic carbocycles. The van der Waals surface area contributed by atoms with Gasteiger partial charge in [-0.15, -0.1) is 0 Å². The van der Waals surface area contributed by atoms with Crippen LogP contribution in [-0.4, -0.2) is 31.1 Å². The summed E-state index contributed by atoms with van der Waals surface area (Å²) in [6.45, 7) is 2.55. The van der Waals surface area contributed by atoms with Gasteiger partial charge in [0.1, 0.15) is 13.7 Å². The molecule has 28 heavy (non-hydrogen) atoms. The lowest BCUT2D eigenvalue weighted by molar-refractivity contribution is -0.139. The molecule has 6 heteroatoms. The normalized spacial score (nSPS) is 20.8. The van der Waals surface area contributed by atoms with E-state index in [1.807, 2.05) is 36.1 Å². The molecule has 0 aliphatic carbocycles. The molecule has 2 radical (unpaired) electrons. The van der Waals surface area contributed by atoms with E-state index < -0.39 is 11.3 Å². The fraction of sp³-hybridized carbons (Fsp3) is 0.364. The molecule has 1 aliphatic heterocycles. The summed E-state index contributed by atoms with van der Waals surface area (Å²) in [5.41, 5.74) is 7.45. The van der Waals surface area contributed by atoms with Gasteiger partial charge in [0.25, 0.3) is 0 Å². The number of benzene rings is 2. The molecule has 0 aromatic heterocycles. The van der Waals surface area contributed by atoms with Crippen molar-refractivity contribution < 1.29 is 14.0 Å². The number of hydrogen-bond donors (Lipinski definition) is 1. The van der Waals surface area contributed by atoms with E-state index in [1.165, 1.54) is 12.1 Å². The minimum atomic E-state index is -0.503. The Morgan fingerprint density at radius 2 is 1.86 bits per heavy atom. The predicted molar refractivity (Wildman–Crippen MR) is 108 cm³/mol. The molecule has 0 spiro atoms. The average Bonchev–Trinajstić information content (AvgIpc) is 2.67. The largest absolute Gasteiger partial charge is 0.370 e. The van der Waals surface area contributed by atoms with E-state index in [2.05, 4.69) is 0 Å². The van der Waals surface area contributed by atoms with Crippen molar-refractivity contribution in [3.8, 4) is 0 Å². The van der Waals surface area contributed by atoms with Gasteiger partial charge in [0.15, 0.2) is 0 Å². The Kier molecular flexibility index (Phi) is 5.87. The quantitative estimate of drug-likeness (QED) is 0.786. The van der Waals surface area contributed by atoms with Crippen LogP contribution in [-0.2, 0) is 15.0 Å². The number of piperidine rings is 1. The van der Waals surface area contributed by atoms with Crippen LogP contribution in [0.3, 0.4) is 0 Å². The van der Waals surface area contributed by atoms with Crippen molar-refractivity contribution in [3.05, 3.63) is 65.5 Å². The van der Waals surface area contributed by atoms with Gasteiger partial charge in [-0.3, -0.25) is 9.59 Å². The standard InChI is InChI=1S/C22H24BFN2O2/c1-15(16-2-6-18(23)7-3-16)26-13-12-22(14-21(26)28,11-10-20(25)27)17-4-8-19(24)9-5-17/h2-9,15H,10-14H2,1H3,(H2,25,27)/t15-,22-/m0/s1. The van der Waals surface area contributed by atoms with Gasteiger partial charge in [0.2, 0.25) is 11.8 Å². The van der Waals surface area contributed by atoms with Crippen molar-refractivity contribution >= 4 is 25.1 Å². The lowest BCUT2D eigenvalue weighted by atomic mass is 9.69. The molecular weight excluding hydrogens is 354 g/mol. The number of hydrogen-bond acceptors (Lipinski definition) is 2. The summed E-state index contributed by atoms with van der Waals surface area (Å²) in [7, 11) is 5.76. The number of nitrogens with zero attached hydrogens (tertiary/aromatic N) is 1. The zero-order valence-corrected chi connectivity index (χ0v) is 16.0. The van der Waals surface area contributed by atoms with E-state index in [0.717, 1.165) is 11.1 Å². The summed E-state index contributed by atoms with van der Waals surface area (Å²) in [5.74, 6) is -0.703. The van der Waals surface area contributed by atoms with Crippen LogP contribution < -0.4 is 11.2 Å². The number of primary amides is 1. The van der Waals surface area contributed by atoms with Gasteiger partial charge in [-0.05, 0) is 43.0 Å². The zero-order valence-electron chi connectivity index (χ0n) is 16.0. The van der Waals surface area contributed by atoms with Gasteiger partial charge in [-0.25, -0.2) is 4.39 Å². The Bertz CT molecular complexity index is 854. The van der Waals surface area contributed by atoms with Crippen molar-refractivity contribution in [2.24, 2.45) is 5.73 Å². The molecule has 2 atom stereocenters. The van der Waals surface area contributed by atoms with Crippen LogP contribution in [0.1, 0.15) is 49.8 Å². The van der Waals surface area contributed by atoms with Crippen LogP contribution in [0.2, 0.25) is 0 Å². The molecule has 3 rings (SSSR count). The van der Waals surface area contributed by atoms with E-state index in [0.29, 0.717) is 24.8 Å². The van der Waals surface area contributed by atoms with Crippen LogP contribution in [0.4, 0.5) is 4.39 Å². The zero-order chi connectivity index (χ0) is 20.3. The van der Waals surface area contributed by atoms with Crippen molar-refractivity contribution in [1.82, 2.24) is 4.90 Å². The summed E-state index contributed by atoms with van der Waals surface area (Å²) < 4.78 is 13.4. The molecule has 144 valence electrons. The highest BCUT2D eigenvalue weighted by Gasteiger charge is 2.41. The molecular formula is C22H24BFN2O2. The maximum atomic E-state index is 13.4. The molecule has 1 fully saturated rings. The Morgan fingerprint density at radius 1 is 1.21 bits per heavy atom. The van der Waals surface area contributed by atoms with E-state index in [4.69, 9.17) is 13.6 Å².